The fraction of sp³-hybridized carbons (Fsp3) is 0.0667. The summed E-state index contributed by atoms with van der Waals surface area (Å²) in [5, 5.41) is 3.46. The van der Waals surface area contributed by atoms with Gasteiger partial charge in [-0.2, -0.15) is 0 Å². The monoisotopic (exact) mass is 336 g/mol. The van der Waals surface area contributed by atoms with Gasteiger partial charge in [0, 0.05) is 6.20 Å². The van der Waals surface area contributed by atoms with Crippen LogP contribution in [0.4, 0.5) is 5.69 Å². The molecule has 0 saturated carbocycles. The molecule has 0 amide bonds. The Balaban J connectivity index is 2.04. The lowest BCUT2D eigenvalue weighted by atomic mass is 10.2. The van der Waals surface area contributed by atoms with Crippen molar-refractivity contribution in [2.75, 3.05) is 5.32 Å². The molecule has 0 radical (unpaired) electrons. The molecule has 0 fully saturated rings. The number of aromatic nitrogens is 1. The van der Waals surface area contributed by atoms with E-state index >= 15 is 0 Å². The van der Waals surface area contributed by atoms with E-state index in [0.29, 0.717) is 15.2 Å². The zero-order chi connectivity index (χ0) is 14.8. The van der Waals surface area contributed by atoms with Crippen LogP contribution in [0.5, 0.6) is 0 Å². The number of halogens is 2. The minimum absolute atomic E-state index is 0.169. The van der Waals surface area contributed by atoms with E-state index < -0.39 is 0 Å². The molecule has 2 aromatic rings. The molecule has 0 aliphatic heterocycles. The summed E-state index contributed by atoms with van der Waals surface area (Å²) >= 11 is 13.5. The van der Waals surface area contributed by atoms with Crippen LogP contribution in [0, 0.1) is 0 Å². The lowest BCUT2D eigenvalue weighted by Gasteiger charge is -2.04. The molecular weight excluding hydrogens is 327 g/mol. The topological polar surface area (TPSA) is 42.0 Å². The third kappa shape index (κ3) is 3.18. The van der Waals surface area contributed by atoms with Crippen LogP contribution in [-0.2, 0) is 0 Å². The van der Waals surface area contributed by atoms with Gasteiger partial charge in [-0.1, -0.05) is 29.8 Å². The number of hydrogen-bond acceptors (Lipinski definition) is 4. The minimum Gasteiger partial charge on any atom is -0.359 e. The van der Waals surface area contributed by atoms with E-state index in [2.05, 4.69) is 10.3 Å². The number of alkyl halides is 1. The SMILES string of the molecule is O=c1nc2c(s/c1=C/Nc1ccccc1Cl)=CC(Cl)C=C2. The summed E-state index contributed by atoms with van der Waals surface area (Å²) in [6, 6.07) is 7.33. The highest BCUT2D eigenvalue weighted by Gasteiger charge is 2.06. The number of benzene rings is 1. The predicted molar refractivity (Wildman–Crippen MR) is 90.3 cm³/mol. The van der Waals surface area contributed by atoms with E-state index in [4.69, 9.17) is 23.2 Å². The van der Waals surface area contributed by atoms with Gasteiger partial charge in [-0.3, -0.25) is 4.79 Å². The van der Waals surface area contributed by atoms with Crippen molar-refractivity contribution >= 4 is 58.6 Å². The maximum absolute atomic E-state index is 12.0. The van der Waals surface area contributed by atoms with Crippen molar-refractivity contribution in [3.8, 4) is 0 Å². The van der Waals surface area contributed by atoms with Gasteiger partial charge in [0.1, 0.15) is 4.53 Å². The number of nitrogens with zero attached hydrogens (tertiary/aromatic N) is 1. The van der Waals surface area contributed by atoms with Gasteiger partial charge in [0.15, 0.2) is 0 Å². The zero-order valence-corrected chi connectivity index (χ0v) is 13.0. The molecule has 1 aliphatic carbocycles. The standard InChI is InChI=1S/C15H10Cl2N2OS/c16-9-5-6-12-13(7-9)21-14(15(20)19-12)8-18-11-4-2-1-3-10(11)17/h1-9,18H/b14-8+. The van der Waals surface area contributed by atoms with Crippen LogP contribution in [0.2, 0.25) is 5.02 Å². The number of anilines is 1. The maximum Gasteiger partial charge on any atom is 0.289 e. The molecule has 106 valence electrons. The van der Waals surface area contributed by atoms with E-state index in [9.17, 15) is 4.79 Å². The average Bonchev–Trinajstić information content (AvgIpc) is 2.47. The number of fused-ring (bicyclic) bond motifs is 1. The molecular formula is C15H10Cl2N2OS. The number of allylic oxidation sites excluding steroid dienone is 1. The summed E-state index contributed by atoms with van der Waals surface area (Å²) < 4.78 is 1.40. The van der Waals surface area contributed by atoms with Crippen molar-refractivity contribution < 1.29 is 0 Å². The van der Waals surface area contributed by atoms with Gasteiger partial charge >= 0.3 is 0 Å². The third-order valence-corrected chi connectivity index (χ3v) is 4.56. The predicted octanol–water partition coefficient (Wildman–Crippen LogP) is 2.42. The zero-order valence-electron chi connectivity index (χ0n) is 10.7. The molecule has 1 heterocycles. The third-order valence-electron chi connectivity index (χ3n) is 2.89. The first-order valence-electron chi connectivity index (χ1n) is 6.20. The molecule has 6 heteroatoms. The molecule has 1 aliphatic rings. The number of para-hydroxylation sites is 1. The molecule has 1 atom stereocenters. The summed E-state index contributed by atoms with van der Waals surface area (Å²) in [5.74, 6) is 0. The van der Waals surface area contributed by atoms with Crippen molar-refractivity contribution in [2.45, 2.75) is 5.38 Å². The molecule has 3 nitrogen and oxygen atoms in total. The smallest absolute Gasteiger partial charge is 0.289 e. The molecule has 0 spiro atoms. The average molecular weight is 337 g/mol. The van der Waals surface area contributed by atoms with Gasteiger partial charge in [0.2, 0.25) is 0 Å². The highest BCUT2D eigenvalue weighted by Crippen LogP contribution is 2.20. The Hall–Kier alpha value is -1.62. The summed E-state index contributed by atoms with van der Waals surface area (Å²) in [7, 11) is 0. The minimum atomic E-state index is -0.274. The molecule has 1 unspecified atom stereocenters. The van der Waals surface area contributed by atoms with Gasteiger partial charge < -0.3 is 5.32 Å². The lowest BCUT2D eigenvalue weighted by Crippen LogP contribution is -2.32. The second kappa shape index (κ2) is 6.02. The Morgan fingerprint density at radius 1 is 1.33 bits per heavy atom. The van der Waals surface area contributed by atoms with Gasteiger partial charge in [-0.05, 0) is 24.3 Å². The van der Waals surface area contributed by atoms with Gasteiger partial charge in [0.05, 0.1) is 26.3 Å². The number of nitrogens with one attached hydrogen (secondary N) is 1. The number of hydrogen-bond donors (Lipinski definition) is 1. The normalized spacial score (nSPS) is 17.2. The first-order chi connectivity index (χ1) is 10.1. The summed E-state index contributed by atoms with van der Waals surface area (Å²) in [6.07, 6.45) is 7.07. The maximum atomic E-state index is 12.0. The van der Waals surface area contributed by atoms with E-state index in [1.54, 1.807) is 24.4 Å². The first kappa shape index (κ1) is 14.3. The van der Waals surface area contributed by atoms with Crippen molar-refractivity contribution in [3.63, 3.8) is 0 Å². The van der Waals surface area contributed by atoms with Crippen LogP contribution < -0.4 is 19.9 Å². The summed E-state index contributed by atoms with van der Waals surface area (Å²) in [5.41, 5.74) is 1.13. The Bertz CT molecular complexity index is 889. The van der Waals surface area contributed by atoms with Crippen LogP contribution in [0.15, 0.2) is 35.1 Å². The van der Waals surface area contributed by atoms with Crippen molar-refractivity contribution in [1.29, 1.82) is 0 Å². The van der Waals surface area contributed by atoms with E-state index in [1.165, 1.54) is 11.3 Å². The van der Waals surface area contributed by atoms with Gasteiger partial charge in [0.25, 0.3) is 5.56 Å². The quantitative estimate of drug-likeness (QED) is 0.856. The highest BCUT2D eigenvalue weighted by molar-refractivity contribution is 7.07. The van der Waals surface area contributed by atoms with Crippen LogP contribution in [0.1, 0.15) is 5.69 Å². The summed E-state index contributed by atoms with van der Waals surface area (Å²) in [6.45, 7) is 0. The molecule has 3 rings (SSSR count). The Labute approximate surface area is 134 Å². The Morgan fingerprint density at radius 2 is 2.14 bits per heavy atom. The second-order valence-corrected chi connectivity index (χ2v) is 6.37. The van der Waals surface area contributed by atoms with Crippen molar-refractivity contribution in [3.05, 3.63) is 60.5 Å². The van der Waals surface area contributed by atoms with Crippen LogP contribution in [0.3, 0.4) is 0 Å². The number of rotatable bonds is 2. The molecule has 1 N–H and O–H groups in total. The largest absolute Gasteiger partial charge is 0.359 e. The van der Waals surface area contributed by atoms with Crippen molar-refractivity contribution in [1.82, 2.24) is 4.98 Å². The first-order valence-corrected chi connectivity index (χ1v) is 7.83. The summed E-state index contributed by atoms with van der Waals surface area (Å²) in [4.78, 5) is 16.0. The van der Waals surface area contributed by atoms with E-state index in [0.717, 1.165) is 10.2 Å². The van der Waals surface area contributed by atoms with Crippen LogP contribution in [0.25, 0.3) is 18.4 Å². The lowest BCUT2D eigenvalue weighted by molar-refractivity contribution is 1.20. The molecule has 0 bridgehead atoms. The Kier molecular flexibility index (Phi) is 4.10. The van der Waals surface area contributed by atoms with E-state index in [1.807, 2.05) is 24.3 Å². The second-order valence-electron chi connectivity index (χ2n) is 4.37. The van der Waals surface area contributed by atoms with Crippen LogP contribution >= 0.6 is 34.5 Å². The van der Waals surface area contributed by atoms with Gasteiger partial charge in [-0.15, -0.1) is 22.9 Å². The van der Waals surface area contributed by atoms with Gasteiger partial charge in [-0.25, -0.2) is 4.98 Å². The van der Waals surface area contributed by atoms with Crippen molar-refractivity contribution in [2.24, 2.45) is 0 Å². The van der Waals surface area contributed by atoms with Crippen LogP contribution in [-0.4, -0.2) is 10.4 Å². The molecule has 1 aromatic carbocycles. The van der Waals surface area contributed by atoms with E-state index in [-0.39, 0.29) is 10.9 Å². The Morgan fingerprint density at radius 3 is 2.95 bits per heavy atom. The fourth-order valence-corrected chi connectivity index (χ4v) is 3.25. The molecule has 21 heavy (non-hydrogen) atoms. The molecule has 1 aromatic heterocycles. The highest BCUT2D eigenvalue weighted by atomic mass is 35.5. The molecule has 0 saturated heterocycles. The fourth-order valence-electron chi connectivity index (χ4n) is 1.87.